The van der Waals surface area contributed by atoms with Crippen molar-refractivity contribution in [2.45, 2.75) is 47.1 Å². The molecule has 0 bridgehead atoms. The van der Waals surface area contributed by atoms with Gasteiger partial charge in [-0.2, -0.15) is 0 Å². The lowest BCUT2D eigenvalue weighted by molar-refractivity contribution is -0.135. The number of para-hydroxylation sites is 1. The van der Waals surface area contributed by atoms with Crippen LogP contribution in [0.4, 0.5) is 4.39 Å². The SMILES string of the molecule is CC(C)CC(=O)N(CC(C)C)C(C)c1nc2ccccc2c(=O)n1-c1ccc(F)cc1. The molecule has 3 rings (SSSR count). The van der Waals surface area contributed by atoms with E-state index in [0.717, 1.165) is 0 Å². The number of aromatic nitrogens is 2. The number of carbonyl (C=O) groups is 1. The third kappa shape index (κ3) is 5.01. The number of fused-ring (bicyclic) bond motifs is 1. The van der Waals surface area contributed by atoms with Crippen LogP contribution < -0.4 is 5.56 Å². The van der Waals surface area contributed by atoms with Crippen molar-refractivity contribution in [1.29, 1.82) is 0 Å². The van der Waals surface area contributed by atoms with E-state index in [2.05, 4.69) is 13.8 Å². The molecule has 3 aromatic rings. The summed E-state index contributed by atoms with van der Waals surface area (Å²) in [5.74, 6) is 0.592. The second kappa shape index (κ2) is 9.41. The first kappa shape index (κ1) is 22.7. The molecule has 6 heteroatoms. The third-order valence-electron chi connectivity index (χ3n) is 5.19. The Morgan fingerprint density at radius 1 is 1.00 bits per heavy atom. The highest BCUT2D eigenvalue weighted by Crippen LogP contribution is 2.25. The topological polar surface area (TPSA) is 55.2 Å². The monoisotopic (exact) mass is 423 g/mol. The van der Waals surface area contributed by atoms with E-state index >= 15 is 0 Å². The lowest BCUT2D eigenvalue weighted by Crippen LogP contribution is -2.40. The third-order valence-corrected chi connectivity index (χ3v) is 5.19. The van der Waals surface area contributed by atoms with Gasteiger partial charge in [-0.15, -0.1) is 0 Å². The fourth-order valence-corrected chi connectivity index (χ4v) is 3.75. The molecule has 31 heavy (non-hydrogen) atoms. The maximum absolute atomic E-state index is 13.6. The van der Waals surface area contributed by atoms with Gasteiger partial charge in [0.1, 0.15) is 11.6 Å². The summed E-state index contributed by atoms with van der Waals surface area (Å²) in [6, 6.07) is 12.5. The lowest BCUT2D eigenvalue weighted by Gasteiger charge is -2.32. The molecular formula is C25H30FN3O2. The highest BCUT2D eigenvalue weighted by Gasteiger charge is 2.27. The summed E-state index contributed by atoms with van der Waals surface area (Å²) in [5.41, 5.74) is 0.862. The van der Waals surface area contributed by atoms with Gasteiger partial charge in [-0.1, -0.05) is 39.8 Å². The zero-order valence-electron chi connectivity index (χ0n) is 18.8. The number of amides is 1. The average molecular weight is 424 g/mol. The van der Waals surface area contributed by atoms with E-state index in [-0.39, 0.29) is 29.1 Å². The van der Waals surface area contributed by atoms with Crippen molar-refractivity contribution in [1.82, 2.24) is 14.5 Å². The number of nitrogens with zero attached hydrogens (tertiary/aromatic N) is 3. The van der Waals surface area contributed by atoms with Crippen LogP contribution in [0.2, 0.25) is 0 Å². The molecule has 2 aromatic carbocycles. The number of hydrogen-bond acceptors (Lipinski definition) is 3. The van der Waals surface area contributed by atoms with E-state index in [1.54, 1.807) is 35.2 Å². The minimum Gasteiger partial charge on any atom is -0.333 e. The Balaban J connectivity index is 2.22. The van der Waals surface area contributed by atoms with Crippen molar-refractivity contribution in [2.24, 2.45) is 11.8 Å². The van der Waals surface area contributed by atoms with Gasteiger partial charge in [0, 0.05) is 13.0 Å². The largest absolute Gasteiger partial charge is 0.333 e. The van der Waals surface area contributed by atoms with E-state index in [1.807, 2.05) is 26.8 Å². The van der Waals surface area contributed by atoms with Gasteiger partial charge >= 0.3 is 0 Å². The lowest BCUT2D eigenvalue weighted by atomic mass is 10.1. The molecule has 1 atom stereocenters. The summed E-state index contributed by atoms with van der Waals surface area (Å²) in [4.78, 5) is 33.2. The number of rotatable bonds is 7. The molecule has 0 aliphatic heterocycles. The van der Waals surface area contributed by atoms with Crippen LogP contribution in [0.5, 0.6) is 0 Å². The Hall–Kier alpha value is -3.02. The Morgan fingerprint density at radius 2 is 1.65 bits per heavy atom. The molecule has 0 radical (unpaired) electrons. The normalized spacial score (nSPS) is 12.5. The molecule has 0 saturated heterocycles. The van der Waals surface area contributed by atoms with Crippen LogP contribution in [-0.2, 0) is 4.79 Å². The van der Waals surface area contributed by atoms with Gasteiger partial charge in [-0.25, -0.2) is 9.37 Å². The second-order valence-corrected chi connectivity index (χ2v) is 8.82. The number of halogens is 1. The summed E-state index contributed by atoms with van der Waals surface area (Å²) in [7, 11) is 0. The molecule has 1 aromatic heterocycles. The van der Waals surface area contributed by atoms with Crippen molar-refractivity contribution in [3.8, 4) is 5.69 Å². The second-order valence-electron chi connectivity index (χ2n) is 8.82. The smallest absolute Gasteiger partial charge is 0.266 e. The summed E-state index contributed by atoms with van der Waals surface area (Å²) in [5, 5.41) is 0.478. The maximum atomic E-state index is 13.6. The Morgan fingerprint density at radius 3 is 2.26 bits per heavy atom. The van der Waals surface area contributed by atoms with Gasteiger partial charge in [0.2, 0.25) is 5.91 Å². The first-order valence-corrected chi connectivity index (χ1v) is 10.8. The standard InChI is InChI=1S/C25H30FN3O2/c1-16(2)14-23(30)28(15-17(3)4)18(5)24-27-22-9-7-6-8-21(22)25(31)29(24)20-12-10-19(26)11-13-20/h6-13,16-18H,14-15H2,1-5H3. The summed E-state index contributed by atoms with van der Waals surface area (Å²) in [6.07, 6.45) is 0.422. The number of benzene rings is 2. The Bertz CT molecular complexity index is 1120. The summed E-state index contributed by atoms with van der Waals surface area (Å²) >= 11 is 0. The molecule has 0 N–H and O–H groups in total. The maximum Gasteiger partial charge on any atom is 0.266 e. The Labute approximate surface area is 182 Å². The fourth-order valence-electron chi connectivity index (χ4n) is 3.75. The van der Waals surface area contributed by atoms with Crippen LogP contribution in [-0.4, -0.2) is 26.9 Å². The minimum absolute atomic E-state index is 0.0317. The first-order chi connectivity index (χ1) is 14.7. The predicted octanol–water partition coefficient (Wildman–Crippen LogP) is 5.12. The van der Waals surface area contributed by atoms with E-state index < -0.39 is 6.04 Å². The minimum atomic E-state index is -0.434. The van der Waals surface area contributed by atoms with Crippen molar-refractivity contribution in [3.05, 3.63) is 70.5 Å². The molecule has 0 aliphatic rings. The van der Waals surface area contributed by atoms with Crippen molar-refractivity contribution in [2.75, 3.05) is 6.54 Å². The van der Waals surface area contributed by atoms with Crippen LogP contribution in [0.25, 0.3) is 16.6 Å². The molecule has 1 heterocycles. The zero-order chi connectivity index (χ0) is 22.7. The van der Waals surface area contributed by atoms with E-state index in [0.29, 0.717) is 35.4 Å². The molecule has 5 nitrogen and oxygen atoms in total. The van der Waals surface area contributed by atoms with Crippen LogP contribution in [0.15, 0.2) is 53.3 Å². The van der Waals surface area contributed by atoms with Crippen molar-refractivity contribution in [3.63, 3.8) is 0 Å². The predicted molar refractivity (Wildman–Crippen MR) is 122 cm³/mol. The number of hydrogen-bond donors (Lipinski definition) is 0. The molecule has 0 saturated carbocycles. The molecule has 1 unspecified atom stereocenters. The molecule has 1 amide bonds. The van der Waals surface area contributed by atoms with E-state index in [4.69, 9.17) is 4.98 Å². The van der Waals surface area contributed by atoms with Gasteiger partial charge in [-0.3, -0.25) is 14.2 Å². The fraction of sp³-hybridized carbons (Fsp3) is 0.400. The average Bonchev–Trinajstić information content (AvgIpc) is 2.71. The van der Waals surface area contributed by atoms with Gasteiger partial charge in [0.15, 0.2) is 0 Å². The van der Waals surface area contributed by atoms with Crippen LogP contribution in [0.3, 0.4) is 0 Å². The van der Waals surface area contributed by atoms with E-state index in [1.165, 1.54) is 16.7 Å². The van der Waals surface area contributed by atoms with E-state index in [9.17, 15) is 14.0 Å². The quantitative estimate of drug-likeness (QED) is 0.530. The van der Waals surface area contributed by atoms with Gasteiger partial charge in [0.05, 0.1) is 22.6 Å². The highest BCUT2D eigenvalue weighted by molar-refractivity contribution is 5.79. The van der Waals surface area contributed by atoms with Gasteiger partial charge in [0.25, 0.3) is 5.56 Å². The van der Waals surface area contributed by atoms with Crippen LogP contribution in [0.1, 0.15) is 52.9 Å². The van der Waals surface area contributed by atoms with Gasteiger partial charge in [-0.05, 0) is 55.2 Å². The van der Waals surface area contributed by atoms with Crippen molar-refractivity contribution >= 4 is 16.8 Å². The van der Waals surface area contributed by atoms with Crippen LogP contribution >= 0.6 is 0 Å². The highest BCUT2D eigenvalue weighted by atomic mass is 19.1. The van der Waals surface area contributed by atoms with Gasteiger partial charge < -0.3 is 4.90 Å². The molecule has 0 spiro atoms. The first-order valence-electron chi connectivity index (χ1n) is 10.8. The zero-order valence-corrected chi connectivity index (χ0v) is 18.8. The molecule has 0 fully saturated rings. The number of carbonyl (C=O) groups excluding carboxylic acids is 1. The van der Waals surface area contributed by atoms with Crippen LogP contribution in [0, 0.1) is 17.7 Å². The molecule has 164 valence electrons. The Kier molecular flexibility index (Phi) is 6.88. The molecule has 0 aliphatic carbocycles. The summed E-state index contributed by atoms with van der Waals surface area (Å²) in [6.45, 7) is 10.6. The van der Waals surface area contributed by atoms with Crippen molar-refractivity contribution < 1.29 is 9.18 Å². The molecular weight excluding hydrogens is 393 g/mol. The summed E-state index contributed by atoms with van der Waals surface area (Å²) < 4.78 is 15.1.